The van der Waals surface area contributed by atoms with Crippen molar-refractivity contribution < 1.29 is 19.1 Å². The number of guanidine groups is 1. The Morgan fingerprint density at radius 3 is 1.98 bits per heavy atom. The minimum absolute atomic E-state index is 0.0758. The molecule has 0 fully saturated rings. The lowest BCUT2D eigenvalue weighted by atomic mass is 9.99. The van der Waals surface area contributed by atoms with Gasteiger partial charge in [-0.25, -0.2) is 14.6 Å². The molecule has 9 nitrogen and oxygen atoms in total. The number of nitrogens with one attached hydrogen (secondary N) is 3. The van der Waals surface area contributed by atoms with E-state index in [9.17, 15) is 9.59 Å². The van der Waals surface area contributed by atoms with Gasteiger partial charge in [0.1, 0.15) is 11.2 Å². The number of carbonyl (C=O) groups excluding carboxylic acids is 2. The summed E-state index contributed by atoms with van der Waals surface area (Å²) in [5, 5.41) is 11.3. The Morgan fingerprint density at radius 1 is 0.767 bits per heavy atom. The van der Waals surface area contributed by atoms with Crippen LogP contribution in [0.3, 0.4) is 0 Å². The number of nitrogens with zero attached hydrogens (tertiary/aromatic N) is 2. The third-order valence-electron chi connectivity index (χ3n) is 5.87. The first-order chi connectivity index (χ1) is 20.2. The van der Waals surface area contributed by atoms with Gasteiger partial charge < -0.3 is 14.8 Å². The lowest BCUT2D eigenvalue weighted by molar-refractivity contribution is 0.0545. The van der Waals surface area contributed by atoms with E-state index in [1.54, 1.807) is 53.7 Å². The fourth-order valence-electron chi connectivity index (χ4n) is 4.25. The number of ether oxygens (including phenoxy) is 2. The Bertz CT molecular complexity index is 1660. The van der Waals surface area contributed by atoms with E-state index >= 15 is 0 Å². The fraction of sp³-hybridized carbons (Fsp3) is 0.312. The molecule has 3 N–H and O–H groups in total. The largest absolute Gasteiger partial charge is 0.444 e. The highest BCUT2D eigenvalue weighted by Gasteiger charge is 2.21. The molecular formula is C32H35Cl2N5O4. The average molecular weight is 625 g/mol. The monoisotopic (exact) mass is 623 g/mol. The zero-order valence-electron chi connectivity index (χ0n) is 25.0. The molecule has 11 heteroatoms. The number of pyridine rings is 1. The second kappa shape index (κ2) is 13.1. The lowest BCUT2D eigenvalue weighted by Crippen LogP contribution is -2.47. The number of hydrogen-bond acceptors (Lipinski definition) is 7. The maximum atomic E-state index is 12.5. The van der Waals surface area contributed by atoms with Crippen molar-refractivity contribution in [3.63, 3.8) is 0 Å². The molecule has 1 heterocycles. The van der Waals surface area contributed by atoms with Crippen molar-refractivity contribution in [3.05, 3.63) is 76.3 Å². The van der Waals surface area contributed by atoms with Gasteiger partial charge in [-0.2, -0.15) is 0 Å². The summed E-state index contributed by atoms with van der Waals surface area (Å²) < 4.78 is 10.7. The van der Waals surface area contributed by atoms with E-state index in [4.69, 9.17) is 37.7 Å². The van der Waals surface area contributed by atoms with Gasteiger partial charge in [0.25, 0.3) is 0 Å². The molecule has 0 aliphatic carbocycles. The van der Waals surface area contributed by atoms with Gasteiger partial charge in [0, 0.05) is 28.7 Å². The summed E-state index contributed by atoms with van der Waals surface area (Å²) >= 11 is 12.3. The van der Waals surface area contributed by atoms with E-state index in [0.29, 0.717) is 16.5 Å². The van der Waals surface area contributed by atoms with Gasteiger partial charge in [0.2, 0.25) is 5.96 Å². The van der Waals surface area contributed by atoms with E-state index in [1.807, 2.05) is 48.5 Å². The number of aliphatic imine (C=N–C) groups is 1. The highest BCUT2D eigenvalue weighted by molar-refractivity contribution is 6.42. The molecule has 0 bridgehead atoms. The summed E-state index contributed by atoms with van der Waals surface area (Å²) in [6.45, 7) is 10.7. The van der Waals surface area contributed by atoms with Crippen molar-refractivity contribution in [2.75, 3.05) is 11.9 Å². The maximum Gasteiger partial charge on any atom is 0.414 e. The second-order valence-electron chi connectivity index (χ2n) is 11.8. The molecular weight excluding hydrogens is 589 g/mol. The SMILES string of the molecule is CC(C)(C)OC(=O)NC(=NCCc1c2ccccc2nc2ccc(Nc3ccc(Cl)c(Cl)c3)cc12)NC(=O)OC(C)(C)C. The van der Waals surface area contributed by atoms with Gasteiger partial charge in [-0.3, -0.25) is 15.6 Å². The molecule has 4 rings (SSSR count). The summed E-state index contributed by atoms with van der Waals surface area (Å²) in [4.78, 5) is 34.4. The molecule has 2 amide bonds. The Hall–Kier alpha value is -4.08. The Balaban J connectivity index is 1.66. The molecule has 43 heavy (non-hydrogen) atoms. The van der Waals surface area contributed by atoms with Gasteiger partial charge >= 0.3 is 12.2 Å². The third-order valence-corrected chi connectivity index (χ3v) is 6.61. The van der Waals surface area contributed by atoms with Gasteiger partial charge in [-0.1, -0.05) is 41.4 Å². The van der Waals surface area contributed by atoms with E-state index in [2.05, 4.69) is 20.9 Å². The minimum Gasteiger partial charge on any atom is -0.444 e. The molecule has 0 saturated carbocycles. The molecule has 3 aromatic carbocycles. The quantitative estimate of drug-likeness (QED) is 0.117. The molecule has 0 saturated heterocycles. The van der Waals surface area contributed by atoms with Crippen LogP contribution in [-0.4, -0.2) is 40.9 Å². The van der Waals surface area contributed by atoms with Crippen LogP contribution in [0.2, 0.25) is 10.0 Å². The zero-order valence-corrected chi connectivity index (χ0v) is 26.5. The predicted molar refractivity (Wildman–Crippen MR) is 174 cm³/mol. The smallest absolute Gasteiger partial charge is 0.414 e. The van der Waals surface area contributed by atoms with Crippen LogP contribution in [-0.2, 0) is 15.9 Å². The first-order valence-corrected chi connectivity index (χ1v) is 14.5. The number of benzene rings is 3. The van der Waals surface area contributed by atoms with Gasteiger partial charge in [-0.05, 0) is 96.0 Å². The molecule has 0 unspecified atom stereocenters. The van der Waals surface area contributed by atoms with E-state index in [1.165, 1.54) is 0 Å². The molecule has 4 aromatic rings. The third kappa shape index (κ3) is 9.20. The molecule has 1 aromatic heterocycles. The molecule has 0 aliphatic rings. The number of aromatic nitrogens is 1. The number of para-hydroxylation sites is 1. The number of alkyl carbamates (subject to hydrolysis) is 2. The summed E-state index contributed by atoms with van der Waals surface area (Å²) in [6.07, 6.45) is -1.02. The number of anilines is 2. The molecule has 0 aliphatic heterocycles. The lowest BCUT2D eigenvalue weighted by Gasteiger charge is -2.22. The normalized spacial score (nSPS) is 11.6. The Kier molecular flexibility index (Phi) is 9.67. The van der Waals surface area contributed by atoms with Crippen molar-refractivity contribution in [2.24, 2.45) is 4.99 Å². The number of hydrogen-bond donors (Lipinski definition) is 3. The number of carbonyl (C=O) groups is 2. The van der Waals surface area contributed by atoms with Crippen LogP contribution in [0.25, 0.3) is 21.8 Å². The first-order valence-electron chi connectivity index (χ1n) is 13.7. The summed E-state index contributed by atoms with van der Waals surface area (Å²) in [5.41, 5.74) is 2.83. The highest BCUT2D eigenvalue weighted by atomic mass is 35.5. The Morgan fingerprint density at radius 2 is 1.35 bits per heavy atom. The standard InChI is InChI=1S/C32H35Cl2N5O4/c1-31(2,3)42-29(40)38-28(39-30(41)43-32(4,5)6)35-16-15-21-22-9-7-8-10-26(22)37-27-14-12-19(17-23(21)27)36-20-11-13-24(33)25(34)18-20/h7-14,17-18,36H,15-16H2,1-6H3,(H2,35,38,39,40,41). The molecule has 0 spiro atoms. The summed E-state index contributed by atoms with van der Waals surface area (Å²) in [5.74, 6) is -0.0758. The molecule has 0 radical (unpaired) electrons. The first kappa shape index (κ1) is 31.8. The second-order valence-corrected chi connectivity index (χ2v) is 12.6. The van der Waals surface area contributed by atoms with Gasteiger partial charge in [-0.15, -0.1) is 0 Å². The van der Waals surface area contributed by atoms with Crippen molar-refractivity contribution in [2.45, 2.75) is 59.2 Å². The summed E-state index contributed by atoms with van der Waals surface area (Å²) in [6, 6.07) is 19.1. The highest BCUT2D eigenvalue weighted by Crippen LogP contribution is 2.31. The van der Waals surface area contributed by atoms with Gasteiger partial charge in [0.15, 0.2) is 0 Å². The summed E-state index contributed by atoms with van der Waals surface area (Å²) in [7, 11) is 0. The van der Waals surface area contributed by atoms with E-state index in [-0.39, 0.29) is 12.5 Å². The van der Waals surface area contributed by atoms with Crippen molar-refractivity contribution >= 4 is 74.5 Å². The van der Waals surface area contributed by atoms with Crippen LogP contribution < -0.4 is 16.0 Å². The number of rotatable bonds is 5. The topological polar surface area (TPSA) is 114 Å². The van der Waals surface area contributed by atoms with Crippen LogP contribution >= 0.6 is 23.2 Å². The number of amides is 2. The predicted octanol–water partition coefficient (Wildman–Crippen LogP) is 8.39. The van der Waals surface area contributed by atoms with Crippen LogP contribution in [0.4, 0.5) is 21.0 Å². The van der Waals surface area contributed by atoms with Gasteiger partial charge in [0.05, 0.1) is 21.1 Å². The van der Waals surface area contributed by atoms with Crippen LogP contribution in [0.15, 0.2) is 65.7 Å². The Labute approximate surface area is 261 Å². The molecule has 226 valence electrons. The fourth-order valence-corrected chi connectivity index (χ4v) is 4.55. The van der Waals surface area contributed by atoms with Crippen LogP contribution in [0.1, 0.15) is 47.1 Å². The minimum atomic E-state index is -0.750. The van der Waals surface area contributed by atoms with Crippen molar-refractivity contribution in [3.8, 4) is 0 Å². The van der Waals surface area contributed by atoms with E-state index < -0.39 is 23.4 Å². The number of fused-ring (bicyclic) bond motifs is 2. The van der Waals surface area contributed by atoms with Crippen molar-refractivity contribution in [1.29, 1.82) is 0 Å². The van der Waals surface area contributed by atoms with Crippen molar-refractivity contribution in [1.82, 2.24) is 15.6 Å². The molecule has 0 atom stereocenters. The van der Waals surface area contributed by atoms with E-state index in [0.717, 1.165) is 38.7 Å². The average Bonchev–Trinajstić information content (AvgIpc) is 2.88. The zero-order chi connectivity index (χ0) is 31.4. The van der Waals surface area contributed by atoms with Crippen LogP contribution in [0, 0.1) is 0 Å². The maximum absolute atomic E-state index is 12.5. The van der Waals surface area contributed by atoms with Crippen LogP contribution in [0.5, 0.6) is 0 Å². The number of halogens is 2.